The molecule has 2 rings (SSSR count). The Morgan fingerprint density at radius 2 is 1.71 bits per heavy atom. The average Bonchev–Trinajstić information content (AvgIpc) is 2.59. The smallest absolute Gasteiger partial charge is 0.328 e. The third kappa shape index (κ3) is 5.42. The standard InChI is InChI=1S/C18H16N2O4/c21-16(9-10-17(22)23)20-15-8-4-7-14(11-15)18(24)19-12-13-5-2-1-3-6-13/h1-11H,12H2,(H,19,24)(H,20,21)(H,22,23)/b10-9+. The molecule has 122 valence electrons. The van der Waals surface area contributed by atoms with Gasteiger partial charge in [0, 0.05) is 29.9 Å². The van der Waals surface area contributed by atoms with Crippen LogP contribution in [0.2, 0.25) is 0 Å². The van der Waals surface area contributed by atoms with E-state index in [0.717, 1.165) is 17.7 Å². The average molecular weight is 324 g/mol. The highest BCUT2D eigenvalue weighted by atomic mass is 16.4. The number of nitrogens with one attached hydrogen (secondary N) is 2. The van der Waals surface area contributed by atoms with E-state index in [9.17, 15) is 14.4 Å². The van der Waals surface area contributed by atoms with Crippen LogP contribution in [0.25, 0.3) is 0 Å². The molecule has 0 atom stereocenters. The molecule has 24 heavy (non-hydrogen) atoms. The zero-order valence-corrected chi connectivity index (χ0v) is 12.7. The molecule has 2 amide bonds. The van der Waals surface area contributed by atoms with Gasteiger partial charge in [0.15, 0.2) is 0 Å². The van der Waals surface area contributed by atoms with Crippen molar-refractivity contribution in [1.82, 2.24) is 5.32 Å². The van der Waals surface area contributed by atoms with Gasteiger partial charge in [0.05, 0.1) is 0 Å². The molecule has 0 aromatic heterocycles. The summed E-state index contributed by atoms with van der Waals surface area (Å²) in [4.78, 5) is 34.1. The van der Waals surface area contributed by atoms with Crippen molar-refractivity contribution in [1.29, 1.82) is 0 Å². The molecule has 3 N–H and O–H groups in total. The lowest BCUT2D eigenvalue weighted by Gasteiger charge is -2.07. The SMILES string of the molecule is O=C(O)/C=C/C(=O)Nc1cccc(C(=O)NCc2ccccc2)c1. The lowest BCUT2D eigenvalue weighted by atomic mass is 10.1. The summed E-state index contributed by atoms with van der Waals surface area (Å²) in [5.74, 6) is -2.06. The lowest BCUT2D eigenvalue weighted by molar-refractivity contribution is -0.131. The summed E-state index contributed by atoms with van der Waals surface area (Å²) in [6, 6.07) is 15.9. The van der Waals surface area contributed by atoms with Crippen molar-refractivity contribution in [3.63, 3.8) is 0 Å². The number of hydrogen-bond acceptors (Lipinski definition) is 3. The lowest BCUT2D eigenvalue weighted by Crippen LogP contribution is -2.22. The molecule has 2 aromatic carbocycles. The molecule has 0 aliphatic heterocycles. The summed E-state index contributed by atoms with van der Waals surface area (Å²) >= 11 is 0. The Morgan fingerprint density at radius 1 is 0.958 bits per heavy atom. The van der Waals surface area contributed by atoms with Gasteiger partial charge in [-0.1, -0.05) is 36.4 Å². The van der Waals surface area contributed by atoms with Gasteiger partial charge in [-0.05, 0) is 23.8 Å². The molecule has 0 unspecified atom stereocenters. The maximum Gasteiger partial charge on any atom is 0.328 e. The first-order valence-electron chi connectivity index (χ1n) is 7.19. The number of rotatable bonds is 6. The Kier molecular flexibility index (Phi) is 5.85. The fourth-order valence-electron chi connectivity index (χ4n) is 1.95. The van der Waals surface area contributed by atoms with Gasteiger partial charge < -0.3 is 15.7 Å². The van der Waals surface area contributed by atoms with Crippen molar-refractivity contribution in [2.45, 2.75) is 6.54 Å². The molecule has 0 radical (unpaired) electrons. The zero-order chi connectivity index (χ0) is 17.4. The van der Waals surface area contributed by atoms with Gasteiger partial charge in [-0.15, -0.1) is 0 Å². The highest BCUT2D eigenvalue weighted by Crippen LogP contribution is 2.11. The van der Waals surface area contributed by atoms with Crippen LogP contribution in [0.4, 0.5) is 5.69 Å². The van der Waals surface area contributed by atoms with Crippen LogP contribution in [-0.4, -0.2) is 22.9 Å². The number of anilines is 1. The highest BCUT2D eigenvalue weighted by Gasteiger charge is 2.07. The van der Waals surface area contributed by atoms with E-state index < -0.39 is 11.9 Å². The predicted octanol–water partition coefficient (Wildman–Crippen LogP) is 2.20. The summed E-state index contributed by atoms with van der Waals surface area (Å²) in [6.45, 7) is 0.400. The first kappa shape index (κ1) is 17.0. The van der Waals surface area contributed by atoms with Crippen molar-refractivity contribution in [3.05, 3.63) is 77.9 Å². The van der Waals surface area contributed by atoms with Gasteiger partial charge in [-0.25, -0.2) is 4.79 Å². The van der Waals surface area contributed by atoms with E-state index in [-0.39, 0.29) is 5.91 Å². The maximum absolute atomic E-state index is 12.2. The van der Waals surface area contributed by atoms with Gasteiger partial charge in [0.25, 0.3) is 5.91 Å². The van der Waals surface area contributed by atoms with Crippen LogP contribution in [0.5, 0.6) is 0 Å². The van der Waals surface area contributed by atoms with Gasteiger partial charge >= 0.3 is 5.97 Å². The second-order valence-electron chi connectivity index (χ2n) is 4.91. The minimum atomic E-state index is -1.21. The van der Waals surface area contributed by atoms with Gasteiger partial charge in [0.2, 0.25) is 5.91 Å². The first-order chi connectivity index (χ1) is 11.5. The molecule has 2 aromatic rings. The van der Waals surface area contributed by atoms with Crippen LogP contribution in [0, 0.1) is 0 Å². The van der Waals surface area contributed by atoms with Gasteiger partial charge in [0.1, 0.15) is 0 Å². The molecular weight excluding hydrogens is 308 g/mol. The number of aliphatic carboxylic acids is 1. The Hall–Kier alpha value is -3.41. The van der Waals surface area contributed by atoms with Crippen LogP contribution >= 0.6 is 0 Å². The van der Waals surface area contributed by atoms with Crippen LogP contribution in [-0.2, 0) is 16.1 Å². The summed E-state index contributed by atoms with van der Waals surface area (Å²) in [7, 11) is 0. The van der Waals surface area contributed by atoms with E-state index in [4.69, 9.17) is 5.11 Å². The molecule has 6 nitrogen and oxygen atoms in total. The van der Waals surface area contributed by atoms with E-state index >= 15 is 0 Å². The Labute approximate surface area is 138 Å². The molecule has 0 spiro atoms. The van der Waals surface area contributed by atoms with Crippen molar-refractivity contribution >= 4 is 23.5 Å². The van der Waals surface area contributed by atoms with Crippen LogP contribution < -0.4 is 10.6 Å². The fraction of sp³-hybridized carbons (Fsp3) is 0.0556. The number of hydrogen-bond donors (Lipinski definition) is 3. The van der Waals surface area contributed by atoms with Gasteiger partial charge in [-0.2, -0.15) is 0 Å². The molecule has 0 bridgehead atoms. The highest BCUT2D eigenvalue weighted by molar-refractivity contribution is 6.03. The number of carboxylic acids is 1. The molecule has 0 saturated heterocycles. The monoisotopic (exact) mass is 324 g/mol. The largest absolute Gasteiger partial charge is 0.478 e. The normalized spacial score (nSPS) is 10.3. The molecular formula is C18H16N2O4. The van der Waals surface area contributed by atoms with Crippen molar-refractivity contribution < 1.29 is 19.5 Å². The topological polar surface area (TPSA) is 95.5 Å². The van der Waals surface area contributed by atoms with Crippen LogP contribution in [0.15, 0.2) is 66.7 Å². The number of amides is 2. The van der Waals surface area contributed by atoms with Crippen LogP contribution in [0.1, 0.15) is 15.9 Å². The van der Waals surface area contributed by atoms with Crippen LogP contribution in [0.3, 0.4) is 0 Å². The van der Waals surface area contributed by atoms with E-state index in [2.05, 4.69) is 10.6 Å². The second-order valence-corrected chi connectivity index (χ2v) is 4.91. The van der Waals surface area contributed by atoms with E-state index in [1.54, 1.807) is 18.2 Å². The molecule has 6 heteroatoms. The molecule has 0 aliphatic rings. The maximum atomic E-state index is 12.2. The number of benzene rings is 2. The van der Waals surface area contributed by atoms with Crippen molar-refractivity contribution in [2.24, 2.45) is 0 Å². The summed E-state index contributed by atoms with van der Waals surface area (Å²) in [5.41, 5.74) is 1.78. The Morgan fingerprint density at radius 3 is 2.42 bits per heavy atom. The van der Waals surface area contributed by atoms with Crippen molar-refractivity contribution in [2.75, 3.05) is 5.32 Å². The van der Waals surface area contributed by atoms with E-state index in [0.29, 0.717) is 17.8 Å². The Balaban J connectivity index is 1.97. The molecule has 0 fully saturated rings. The number of carbonyl (C=O) groups is 3. The van der Waals surface area contributed by atoms with E-state index in [1.807, 2.05) is 30.3 Å². The minimum Gasteiger partial charge on any atom is -0.478 e. The molecule has 0 saturated carbocycles. The van der Waals surface area contributed by atoms with Crippen molar-refractivity contribution in [3.8, 4) is 0 Å². The van der Waals surface area contributed by atoms with Gasteiger partial charge in [-0.3, -0.25) is 9.59 Å². The molecule has 0 heterocycles. The Bertz CT molecular complexity index is 770. The summed E-state index contributed by atoms with van der Waals surface area (Å²) < 4.78 is 0. The second kappa shape index (κ2) is 8.28. The first-order valence-corrected chi connectivity index (χ1v) is 7.19. The van der Waals surface area contributed by atoms with E-state index in [1.165, 1.54) is 6.07 Å². The third-order valence-corrected chi connectivity index (χ3v) is 3.07. The predicted molar refractivity (Wildman–Crippen MR) is 89.5 cm³/mol. The fourth-order valence-corrected chi connectivity index (χ4v) is 1.95. The summed E-state index contributed by atoms with van der Waals surface area (Å²) in [5, 5.41) is 13.8. The third-order valence-electron chi connectivity index (χ3n) is 3.07. The summed E-state index contributed by atoms with van der Waals surface area (Å²) in [6.07, 6.45) is 1.65. The molecule has 0 aliphatic carbocycles. The number of carboxylic acid groups (broad SMARTS) is 1. The minimum absolute atomic E-state index is 0.268. The number of carbonyl (C=O) groups excluding carboxylic acids is 2. The zero-order valence-electron chi connectivity index (χ0n) is 12.7. The quantitative estimate of drug-likeness (QED) is 0.710.